The van der Waals surface area contributed by atoms with E-state index in [9.17, 15) is 4.79 Å². The molecule has 2 N–H and O–H groups in total. The van der Waals surface area contributed by atoms with E-state index in [1.165, 1.54) is 11.3 Å². The standard InChI is InChI=1S/C7H8ClNO2S/c1-9-5(7(10)11)4-2-3-12-6(4)8/h2-3,5,9H,1H3,(H,10,11). The van der Waals surface area contributed by atoms with Gasteiger partial charge in [-0.3, -0.25) is 4.79 Å². The van der Waals surface area contributed by atoms with E-state index in [0.717, 1.165) is 0 Å². The summed E-state index contributed by atoms with van der Waals surface area (Å²) >= 11 is 7.10. The molecule has 0 saturated carbocycles. The third-order valence-electron chi connectivity index (χ3n) is 1.49. The molecule has 0 saturated heterocycles. The van der Waals surface area contributed by atoms with Crippen molar-refractivity contribution < 1.29 is 9.90 Å². The molecule has 1 unspecified atom stereocenters. The van der Waals surface area contributed by atoms with Gasteiger partial charge in [0.15, 0.2) is 0 Å². The van der Waals surface area contributed by atoms with Crippen LogP contribution in [0, 0.1) is 0 Å². The molecular formula is C7H8ClNO2S. The minimum Gasteiger partial charge on any atom is -0.480 e. The van der Waals surface area contributed by atoms with Gasteiger partial charge in [-0.15, -0.1) is 11.3 Å². The second-order valence-corrected chi connectivity index (χ2v) is 3.73. The lowest BCUT2D eigenvalue weighted by molar-refractivity contribution is -0.139. The second-order valence-electron chi connectivity index (χ2n) is 2.21. The summed E-state index contributed by atoms with van der Waals surface area (Å²) in [6.07, 6.45) is 0. The normalized spacial score (nSPS) is 12.8. The van der Waals surface area contributed by atoms with Crippen LogP contribution in [0.25, 0.3) is 0 Å². The van der Waals surface area contributed by atoms with Crippen molar-refractivity contribution in [3.8, 4) is 0 Å². The van der Waals surface area contributed by atoms with Crippen molar-refractivity contribution >= 4 is 28.9 Å². The monoisotopic (exact) mass is 205 g/mol. The lowest BCUT2D eigenvalue weighted by Crippen LogP contribution is -2.24. The Kier molecular flexibility index (Phi) is 3.08. The van der Waals surface area contributed by atoms with Gasteiger partial charge in [0, 0.05) is 5.56 Å². The molecule has 0 bridgehead atoms. The van der Waals surface area contributed by atoms with E-state index in [2.05, 4.69) is 5.32 Å². The highest BCUT2D eigenvalue weighted by Crippen LogP contribution is 2.28. The Morgan fingerprint density at radius 1 is 1.83 bits per heavy atom. The Morgan fingerprint density at radius 2 is 2.50 bits per heavy atom. The van der Waals surface area contributed by atoms with Crippen LogP contribution in [0.2, 0.25) is 4.34 Å². The van der Waals surface area contributed by atoms with Gasteiger partial charge in [0.2, 0.25) is 0 Å². The number of halogens is 1. The quantitative estimate of drug-likeness (QED) is 0.791. The van der Waals surface area contributed by atoms with Gasteiger partial charge in [-0.25, -0.2) is 0 Å². The molecule has 0 spiro atoms. The van der Waals surface area contributed by atoms with Crippen molar-refractivity contribution in [3.05, 3.63) is 21.3 Å². The van der Waals surface area contributed by atoms with Crippen LogP contribution in [-0.4, -0.2) is 18.1 Å². The van der Waals surface area contributed by atoms with Crippen LogP contribution in [0.5, 0.6) is 0 Å². The fourth-order valence-corrected chi connectivity index (χ4v) is 1.90. The molecule has 0 aliphatic heterocycles. The number of carboxylic acids is 1. The number of carbonyl (C=O) groups is 1. The molecule has 1 aromatic rings. The summed E-state index contributed by atoms with van der Waals surface area (Å²) in [7, 11) is 1.59. The average Bonchev–Trinajstić information content (AvgIpc) is 2.38. The Hall–Kier alpha value is -0.580. The van der Waals surface area contributed by atoms with E-state index in [1.807, 2.05) is 0 Å². The first-order valence-corrected chi connectivity index (χ1v) is 4.55. The highest BCUT2D eigenvalue weighted by molar-refractivity contribution is 7.14. The van der Waals surface area contributed by atoms with Crippen molar-refractivity contribution in [2.24, 2.45) is 0 Å². The van der Waals surface area contributed by atoms with Crippen molar-refractivity contribution in [2.45, 2.75) is 6.04 Å². The molecule has 5 heteroatoms. The van der Waals surface area contributed by atoms with E-state index in [1.54, 1.807) is 18.5 Å². The highest BCUT2D eigenvalue weighted by atomic mass is 35.5. The molecule has 0 aromatic carbocycles. The van der Waals surface area contributed by atoms with E-state index in [-0.39, 0.29) is 0 Å². The van der Waals surface area contributed by atoms with Crippen LogP contribution < -0.4 is 5.32 Å². The van der Waals surface area contributed by atoms with Crippen LogP contribution >= 0.6 is 22.9 Å². The first-order chi connectivity index (χ1) is 5.66. The van der Waals surface area contributed by atoms with Gasteiger partial charge in [-0.2, -0.15) is 0 Å². The van der Waals surface area contributed by atoms with E-state index in [0.29, 0.717) is 9.90 Å². The number of hydrogen-bond donors (Lipinski definition) is 2. The minimum absolute atomic E-state index is 0.525. The summed E-state index contributed by atoms with van der Waals surface area (Å²) in [4.78, 5) is 10.7. The Bertz CT molecular complexity index is 287. The molecule has 1 aromatic heterocycles. The summed E-state index contributed by atoms with van der Waals surface area (Å²) in [5, 5.41) is 13.2. The third-order valence-corrected chi connectivity index (χ3v) is 2.69. The zero-order valence-corrected chi connectivity index (χ0v) is 7.95. The maximum absolute atomic E-state index is 10.7. The van der Waals surface area contributed by atoms with Crippen LogP contribution in [0.1, 0.15) is 11.6 Å². The molecule has 3 nitrogen and oxygen atoms in total. The molecule has 0 aliphatic rings. The molecule has 0 amide bonds. The van der Waals surface area contributed by atoms with Crippen LogP contribution in [0.15, 0.2) is 11.4 Å². The van der Waals surface area contributed by atoms with E-state index < -0.39 is 12.0 Å². The molecule has 66 valence electrons. The highest BCUT2D eigenvalue weighted by Gasteiger charge is 2.20. The van der Waals surface area contributed by atoms with Crippen molar-refractivity contribution in [1.82, 2.24) is 5.32 Å². The van der Waals surface area contributed by atoms with Crippen molar-refractivity contribution in [1.29, 1.82) is 0 Å². The van der Waals surface area contributed by atoms with Gasteiger partial charge in [0.05, 0.1) is 4.34 Å². The van der Waals surface area contributed by atoms with Crippen LogP contribution in [0.3, 0.4) is 0 Å². The predicted molar refractivity (Wildman–Crippen MR) is 48.8 cm³/mol. The molecule has 0 aliphatic carbocycles. The number of hydrogen-bond acceptors (Lipinski definition) is 3. The molecule has 12 heavy (non-hydrogen) atoms. The Balaban J connectivity index is 2.94. The second kappa shape index (κ2) is 3.89. The summed E-state index contributed by atoms with van der Waals surface area (Å²) in [6.45, 7) is 0. The zero-order valence-electron chi connectivity index (χ0n) is 6.37. The van der Waals surface area contributed by atoms with Gasteiger partial charge in [-0.1, -0.05) is 11.6 Å². The fraction of sp³-hybridized carbons (Fsp3) is 0.286. The number of likely N-dealkylation sites (N-methyl/N-ethyl adjacent to an activating group) is 1. The molecule has 1 rings (SSSR count). The summed E-state index contributed by atoms with van der Waals surface area (Å²) in [5.41, 5.74) is 0.622. The van der Waals surface area contributed by atoms with E-state index >= 15 is 0 Å². The number of nitrogens with one attached hydrogen (secondary N) is 1. The number of rotatable bonds is 3. The molecule has 0 fully saturated rings. The summed E-state index contributed by atoms with van der Waals surface area (Å²) in [5.74, 6) is -0.919. The van der Waals surface area contributed by atoms with Crippen LogP contribution in [-0.2, 0) is 4.79 Å². The SMILES string of the molecule is CNC(C(=O)O)c1ccsc1Cl. The maximum atomic E-state index is 10.7. The fourth-order valence-electron chi connectivity index (χ4n) is 0.922. The minimum atomic E-state index is -0.919. The first kappa shape index (κ1) is 9.51. The number of aliphatic carboxylic acids is 1. The first-order valence-electron chi connectivity index (χ1n) is 3.29. The van der Waals surface area contributed by atoms with Crippen molar-refractivity contribution in [3.63, 3.8) is 0 Å². The predicted octanol–water partition coefficient (Wildman–Crippen LogP) is 1.75. The Labute approximate surface area is 79.0 Å². The number of thiophene rings is 1. The maximum Gasteiger partial charge on any atom is 0.325 e. The van der Waals surface area contributed by atoms with Gasteiger partial charge in [0.1, 0.15) is 6.04 Å². The smallest absolute Gasteiger partial charge is 0.325 e. The third kappa shape index (κ3) is 1.77. The molecule has 0 radical (unpaired) electrons. The average molecular weight is 206 g/mol. The largest absolute Gasteiger partial charge is 0.480 e. The van der Waals surface area contributed by atoms with Gasteiger partial charge in [0.25, 0.3) is 0 Å². The van der Waals surface area contributed by atoms with Gasteiger partial charge < -0.3 is 10.4 Å². The molecule has 1 heterocycles. The number of carboxylic acid groups (broad SMARTS) is 1. The topological polar surface area (TPSA) is 49.3 Å². The lowest BCUT2D eigenvalue weighted by atomic mass is 10.1. The van der Waals surface area contributed by atoms with Crippen molar-refractivity contribution in [2.75, 3.05) is 7.05 Å². The van der Waals surface area contributed by atoms with Gasteiger partial charge >= 0.3 is 5.97 Å². The lowest BCUT2D eigenvalue weighted by Gasteiger charge is -2.09. The summed E-state index contributed by atoms with van der Waals surface area (Å²) in [6, 6.07) is 1.01. The van der Waals surface area contributed by atoms with Gasteiger partial charge in [-0.05, 0) is 18.5 Å². The summed E-state index contributed by atoms with van der Waals surface area (Å²) < 4.78 is 0.525. The Morgan fingerprint density at radius 3 is 2.83 bits per heavy atom. The molecular weight excluding hydrogens is 198 g/mol. The molecule has 1 atom stereocenters. The van der Waals surface area contributed by atoms with Crippen LogP contribution in [0.4, 0.5) is 0 Å². The zero-order chi connectivity index (χ0) is 9.14. The van der Waals surface area contributed by atoms with E-state index in [4.69, 9.17) is 16.7 Å².